The van der Waals surface area contributed by atoms with E-state index >= 15 is 4.39 Å². The Hall–Kier alpha value is -1.42. The molecular weight excluding hydrogens is 365 g/mol. The van der Waals surface area contributed by atoms with E-state index in [1.54, 1.807) is 6.07 Å². The molecule has 0 heterocycles. The van der Waals surface area contributed by atoms with E-state index in [0.29, 0.717) is 54.6 Å². The van der Waals surface area contributed by atoms with E-state index < -0.39 is 6.17 Å². The number of carbonyl (C=O) groups is 1. The molecule has 1 aromatic carbocycles. The minimum absolute atomic E-state index is 0.208. The monoisotopic (exact) mass is 401 g/mol. The van der Waals surface area contributed by atoms with Gasteiger partial charge in [0.1, 0.15) is 17.7 Å². The fourth-order valence-electron chi connectivity index (χ4n) is 6.80. The molecule has 4 heteroatoms. The van der Waals surface area contributed by atoms with E-state index in [1.807, 2.05) is 13.1 Å². The second-order valence-electron chi connectivity index (χ2n) is 10.2. The van der Waals surface area contributed by atoms with Crippen molar-refractivity contribution in [1.29, 1.82) is 0 Å². The van der Waals surface area contributed by atoms with Crippen molar-refractivity contribution in [3.63, 3.8) is 0 Å². The minimum Gasteiger partial charge on any atom is -0.508 e. The van der Waals surface area contributed by atoms with Crippen molar-refractivity contribution in [2.75, 3.05) is 7.05 Å². The van der Waals surface area contributed by atoms with Gasteiger partial charge in [0.2, 0.25) is 0 Å². The number of carbonyl (C=O) groups excluding carboxylic acids is 1. The quantitative estimate of drug-likeness (QED) is 0.692. The maximum absolute atomic E-state index is 15.1. The Morgan fingerprint density at radius 3 is 2.86 bits per heavy atom. The Labute approximate surface area is 174 Å². The number of phenolic OH excluding ortho intramolecular Hbond substituents is 1. The average Bonchev–Trinajstić information content (AvgIpc) is 3.00. The van der Waals surface area contributed by atoms with Gasteiger partial charge in [0.15, 0.2) is 0 Å². The molecule has 3 aliphatic rings. The summed E-state index contributed by atoms with van der Waals surface area (Å²) in [5.74, 6) is 2.15. The summed E-state index contributed by atoms with van der Waals surface area (Å²) in [5.41, 5.74) is 2.32. The van der Waals surface area contributed by atoms with Crippen molar-refractivity contribution in [1.82, 2.24) is 5.32 Å². The lowest BCUT2D eigenvalue weighted by molar-refractivity contribution is -0.130. The van der Waals surface area contributed by atoms with E-state index in [9.17, 15) is 9.90 Å². The number of nitrogens with one attached hydrogen (secondary N) is 1. The predicted molar refractivity (Wildman–Crippen MR) is 114 cm³/mol. The summed E-state index contributed by atoms with van der Waals surface area (Å²) < 4.78 is 15.1. The van der Waals surface area contributed by atoms with Crippen molar-refractivity contribution in [2.45, 2.75) is 83.3 Å². The minimum atomic E-state index is -0.805. The van der Waals surface area contributed by atoms with Gasteiger partial charge in [0.05, 0.1) is 0 Å². The number of phenols is 1. The Kier molecular flexibility index (Phi) is 5.76. The molecule has 0 spiro atoms. The highest BCUT2D eigenvalue weighted by molar-refractivity contribution is 5.87. The van der Waals surface area contributed by atoms with Crippen LogP contribution < -0.4 is 5.32 Å². The maximum Gasteiger partial charge on any atom is 0.139 e. The molecule has 2 saturated carbocycles. The van der Waals surface area contributed by atoms with Gasteiger partial charge in [0.25, 0.3) is 0 Å². The zero-order valence-electron chi connectivity index (χ0n) is 18.1. The predicted octanol–water partition coefficient (Wildman–Crippen LogP) is 5.16. The Morgan fingerprint density at radius 2 is 2.10 bits per heavy atom. The van der Waals surface area contributed by atoms with Crippen LogP contribution in [0.5, 0.6) is 5.75 Å². The Bertz CT molecular complexity index is 765. The molecule has 0 amide bonds. The van der Waals surface area contributed by atoms with E-state index in [0.717, 1.165) is 32.1 Å². The van der Waals surface area contributed by atoms with Gasteiger partial charge in [-0.1, -0.05) is 13.0 Å². The molecule has 29 heavy (non-hydrogen) atoms. The van der Waals surface area contributed by atoms with Crippen LogP contribution in [0, 0.1) is 23.2 Å². The number of rotatable bonds is 6. The van der Waals surface area contributed by atoms with Gasteiger partial charge < -0.3 is 10.4 Å². The molecule has 0 saturated heterocycles. The van der Waals surface area contributed by atoms with Gasteiger partial charge in [-0.3, -0.25) is 4.79 Å². The summed E-state index contributed by atoms with van der Waals surface area (Å²) in [6.45, 7) is 4.27. The number of aromatic hydroxyl groups is 1. The van der Waals surface area contributed by atoms with Crippen molar-refractivity contribution in [3.05, 3.63) is 29.3 Å². The zero-order valence-corrected chi connectivity index (χ0v) is 18.1. The van der Waals surface area contributed by atoms with Crippen LogP contribution in [0.4, 0.5) is 4.39 Å². The first-order valence-corrected chi connectivity index (χ1v) is 11.5. The van der Waals surface area contributed by atoms with E-state index in [2.05, 4.69) is 25.2 Å². The van der Waals surface area contributed by atoms with Gasteiger partial charge >= 0.3 is 0 Å². The third-order valence-corrected chi connectivity index (χ3v) is 8.56. The second-order valence-corrected chi connectivity index (χ2v) is 10.2. The van der Waals surface area contributed by atoms with Gasteiger partial charge in [-0.25, -0.2) is 4.39 Å². The zero-order chi connectivity index (χ0) is 20.8. The topological polar surface area (TPSA) is 49.3 Å². The normalized spacial score (nSPS) is 35.5. The largest absolute Gasteiger partial charge is 0.508 e. The number of hydrogen-bond acceptors (Lipinski definition) is 3. The standard InChI is InChI=1S/C25H36FNO2/c1-15(27-3)4-5-18(26)13-17-12-16-14-19(28)6-7-20(16)21-10-11-25(2)22(24(17)21)8-9-23(25)29/h6-7,14-15,17-18,21-22,24,27-28H,4-5,8-13H2,1-3H3/t15?,17-,18?,21+,22-,24+,25-/m0/s1. The molecular formula is C25H36FNO2. The number of halogens is 1. The van der Waals surface area contributed by atoms with Crippen molar-refractivity contribution in [2.24, 2.45) is 23.2 Å². The maximum atomic E-state index is 15.1. The van der Waals surface area contributed by atoms with Crippen LogP contribution in [-0.2, 0) is 11.2 Å². The third-order valence-electron chi connectivity index (χ3n) is 8.56. The molecule has 2 unspecified atom stereocenters. The SMILES string of the molecule is CNC(C)CCC(F)C[C@@H]1Cc2cc(O)ccc2[C@H]2CC[C@]3(C)C(=O)CC[C@H]3[C@H]12. The molecule has 3 aliphatic carbocycles. The van der Waals surface area contributed by atoms with Crippen molar-refractivity contribution >= 4 is 5.78 Å². The van der Waals surface area contributed by atoms with E-state index in [1.165, 1.54) is 11.1 Å². The molecule has 4 rings (SSSR count). The van der Waals surface area contributed by atoms with Crippen LogP contribution in [0.1, 0.15) is 75.8 Å². The van der Waals surface area contributed by atoms with Gasteiger partial charge in [-0.05, 0) is 106 Å². The molecule has 3 nitrogen and oxygen atoms in total. The van der Waals surface area contributed by atoms with Crippen LogP contribution in [-0.4, -0.2) is 30.2 Å². The highest BCUT2D eigenvalue weighted by atomic mass is 19.1. The summed E-state index contributed by atoms with van der Waals surface area (Å²) in [6.07, 6.45) is 5.64. The molecule has 0 aliphatic heterocycles. The van der Waals surface area contributed by atoms with Crippen LogP contribution in [0.25, 0.3) is 0 Å². The fourth-order valence-corrected chi connectivity index (χ4v) is 6.80. The lowest BCUT2D eigenvalue weighted by Crippen LogP contribution is -2.46. The first-order chi connectivity index (χ1) is 13.8. The third kappa shape index (κ3) is 3.73. The summed E-state index contributed by atoms with van der Waals surface area (Å²) in [6, 6.07) is 6.10. The fraction of sp³-hybridized carbons (Fsp3) is 0.720. The summed E-state index contributed by atoms with van der Waals surface area (Å²) in [4.78, 5) is 12.7. The number of alkyl halides is 1. The molecule has 160 valence electrons. The first-order valence-electron chi connectivity index (χ1n) is 11.5. The number of ketones is 1. The molecule has 2 fully saturated rings. The molecule has 7 atom stereocenters. The smallest absolute Gasteiger partial charge is 0.139 e. The van der Waals surface area contributed by atoms with E-state index in [4.69, 9.17) is 0 Å². The summed E-state index contributed by atoms with van der Waals surface area (Å²) in [7, 11) is 1.92. The number of Topliss-reactive ketones (excluding diaryl/α,β-unsaturated/α-hetero) is 1. The van der Waals surface area contributed by atoms with Crippen LogP contribution in [0.2, 0.25) is 0 Å². The summed E-state index contributed by atoms with van der Waals surface area (Å²) >= 11 is 0. The van der Waals surface area contributed by atoms with Gasteiger partial charge in [-0.15, -0.1) is 0 Å². The average molecular weight is 402 g/mol. The lowest BCUT2D eigenvalue weighted by Gasteiger charge is -2.52. The molecule has 1 aromatic rings. The van der Waals surface area contributed by atoms with Crippen LogP contribution in [0.3, 0.4) is 0 Å². The Balaban J connectivity index is 1.61. The summed E-state index contributed by atoms with van der Waals surface area (Å²) in [5, 5.41) is 13.2. The van der Waals surface area contributed by atoms with E-state index in [-0.39, 0.29) is 11.3 Å². The molecule has 2 N–H and O–H groups in total. The molecule has 0 bridgehead atoms. The van der Waals surface area contributed by atoms with Crippen molar-refractivity contribution in [3.8, 4) is 5.75 Å². The molecule has 0 aromatic heterocycles. The number of fused-ring (bicyclic) bond motifs is 5. The second kappa shape index (κ2) is 8.02. The number of benzene rings is 1. The van der Waals surface area contributed by atoms with Gasteiger partial charge in [-0.2, -0.15) is 0 Å². The van der Waals surface area contributed by atoms with Crippen LogP contribution >= 0.6 is 0 Å². The highest BCUT2D eigenvalue weighted by Gasteiger charge is 2.56. The lowest BCUT2D eigenvalue weighted by atomic mass is 9.52. The van der Waals surface area contributed by atoms with Crippen LogP contribution in [0.15, 0.2) is 18.2 Å². The Morgan fingerprint density at radius 1 is 1.31 bits per heavy atom. The van der Waals surface area contributed by atoms with Gasteiger partial charge in [0, 0.05) is 17.9 Å². The molecule has 0 radical (unpaired) electrons. The highest BCUT2D eigenvalue weighted by Crippen LogP contribution is 2.61. The van der Waals surface area contributed by atoms with Crippen molar-refractivity contribution < 1.29 is 14.3 Å². The first kappa shape index (κ1) is 20.8. The number of hydrogen-bond donors (Lipinski definition) is 2.